The van der Waals surface area contributed by atoms with Crippen molar-refractivity contribution in [3.63, 3.8) is 0 Å². The number of benzene rings is 1. The van der Waals surface area contributed by atoms with Crippen molar-refractivity contribution in [1.82, 2.24) is 4.98 Å². The number of hydrogen-bond donors (Lipinski definition) is 0. The lowest BCUT2D eigenvalue weighted by molar-refractivity contribution is 0.378. The summed E-state index contributed by atoms with van der Waals surface area (Å²) in [5.41, 5.74) is 0.777. The number of methoxy groups -OCH3 is 1. The molecule has 0 aliphatic heterocycles. The van der Waals surface area contributed by atoms with Crippen LogP contribution in [0.25, 0.3) is 0 Å². The molecule has 0 radical (unpaired) electrons. The van der Waals surface area contributed by atoms with Crippen LogP contribution in [0.4, 0.5) is 0 Å². The van der Waals surface area contributed by atoms with Gasteiger partial charge in [-0.3, -0.25) is 4.98 Å². The number of nitrogens with zero attached hydrogens (tertiary/aromatic N) is 1. The molecule has 2 rings (SSSR count). The van der Waals surface area contributed by atoms with Gasteiger partial charge in [0.2, 0.25) is 0 Å². The van der Waals surface area contributed by atoms with E-state index < -0.39 is 0 Å². The Labute approximate surface area is 105 Å². The minimum absolute atomic E-state index is 0.364. The molecular weight excluding hydrogens is 238 g/mol. The molecule has 0 saturated carbocycles. The van der Waals surface area contributed by atoms with E-state index >= 15 is 0 Å². The molecule has 0 bridgehead atoms. The Morgan fingerprint density at radius 3 is 2.65 bits per heavy atom. The fraction of sp³-hybridized carbons (Fsp3) is 0.154. The largest absolute Gasteiger partial charge is 0.493 e. The van der Waals surface area contributed by atoms with Crippen LogP contribution in [0.5, 0.6) is 17.2 Å². The van der Waals surface area contributed by atoms with Gasteiger partial charge in [0.1, 0.15) is 5.75 Å². The highest BCUT2D eigenvalue weighted by Gasteiger charge is 2.04. The van der Waals surface area contributed by atoms with E-state index in [1.54, 1.807) is 25.4 Å². The van der Waals surface area contributed by atoms with E-state index in [0.717, 1.165) is 5.69 Å². The van der Waals surface area contributed by atoms with Crippen LogP contribution in [0, 0.1) is 0 Å². The second kappa shape index (κ2) is 5.55. The number of alkyl halides is 1. The lowest BCUT2D eigenvalue weighted by Crippen LogP contribution is -1.91. The first kappa shape index (κ1) is 11.7. The van der Waals surface area contributed by atoms with Gasteiger partial charge in [0.25, 0.3) is 0 Å². The summed E-state index contributed by atoms with van der Waals surface area (Å²) in [7, 11) is 1.61. The van der Waals surface area contributed by atoms with Gasteiger partial charge in [-0.05, 0) is 18.2 Å². The Morgan fingerprint density at radius 1 is 1.18 bits per heavy atom. The summed E-state index contributed by atoms with van der Waals surface area (Å²) in [6.07, 6.45) is 1.67. The lowest BCUT2D eigenvalue weighted by atomic mass is 10.3. The molecule has 0 N–H and O–H groups in total. The van der Waals surface area contributed by atoms with Crippen molar-refractivity contribution in [1.29, 1.82) is 0 Å². The van der Waals surface area contributed by atoms with Crippen LogP contribution in [-0.4, -0.2) is 12.1 Å². The number of aromatic nitrogens is 1. The molecule has 0 amide bonds. The topological polar surface area (TPSA) is 31.4 Å². The molecule has 0 aliphatic carbocycles. The standard InChI is InChI=1S/C13H12ClNO2/c1-16-12-4-2-3-5-13(12)17-11-6-7-15-10(8-11)9-14/h2-8H,9H2,1H3. The molecule has 0 saturated heterocycles. The van der Waals surface area contributed by atoms with Gasteiger partial charge in [0.15, 0.2) is 11.5 Å². The van der Waals surface area contributed by atoms with Crippen LogP contribution in [0.3, 0.4) is 0 Å². The fourth-order valence-electron chi connectivity index (χ4n) is 1.42. The minimum Gasteiger partial charge on any atom is -0.493 e. The third kappa shape index (κ3) is 2.88. The first-order chi connectivity index (χ1) is 8.33. The molecule has 3 nitrogen and oxygen atoms in total. The number of para-hydroxylation sites is 2. The fourth-order valence-corrected chi connectivity index (χ4v) is 1.57. The zero-order chi connectivity index (χ0) is 12.1. The van der Waals surface area contributed by atoms with Crippen LogP contribution in [0.15, 0.2) is 42.6 Å². The summed E-state index contributed by atoms with van der Waals surface area (Å²) in [5, 5.41) is 0. The third-order valence-electron chi connectivity index (χ3n) is 2.22. The molecule has 17 heavy (non-hydrogen) atoms. The van der Waals surface area contributed by atoms with Gasteiger partial charge >= 0.3 is 0 Å². The molecule has 0 fully saturated rings. The van der Waals surface area contributed by atoms with Crippen molar-refractivity contribution in [3.05, 3.63) is 48.3 Å². The molecule has 0 unspecified atom stereocenters. The Kier molecular flexibility index (Phi) is 3.83. The van der Waals surface area contributed by atoms with Gasteiger partial charge in [-0.1, -0.05) is 12.1 Å². The molecular formula is C13H12ClNO2. The van der Waals surface area contributed by atoms with E-state index in [4.69, 9.17) is 21.1 Å². The number of halogens is 1. The smallest absolute Gasteiger partial charge is 0.169 e. The van der Waals surface area contributed by atoms with E-state index in [9.17, 15) is 0 Å². The van der Waals surface area contributed by atoms with Crippen LogP contribution in [0.1, 0.15) is 5.69 Å². The number of pyridine rings is 1. The minimum atomic E-state index is 0.364. The maximum Gasteiger partial charge on any atom is 0.169 e. The maximum atomic E-state index is 5.72. The molecule has 0 aliphatic rings. The first-order valence-corrected chi connectivity index (χ1v) is 5.68. The molecule has 0 atom stereocenters. The summed E-state index contributed by atoms with van der Waals surface area (Å²) in [6, 6.07) is 11.1. The molecule has 1 heterocycles. The van der Waals surface area contributed by atoms with Gasteiger partial charge in [0, 0.05) is 12.3 Å². The predicted octanol–water partition coefficient (Wildman–Crippen LogP) is 3.62. The third-order valence-corrected chi connectivity index (χ3v) is 2.50. The highest BCUT2D eigenvalue weighted by molar-refractivity contribution is 6.16. The van der Waals surface area contributed by atoms with Crippen molar-refractivity contribution in [3.8, 4) is 17.2 Å². The van der Waals surface area contributed by atoms with Gasteiger partial charge in [-0.2, -0.15) is 0 Å². The van der Waals surface area contributed by atoms with Gasteiger partial charge in [-0.25, -0.2) is 0 Å². The zero-order valence-electron chi connectivity index (χ0n) is 9.39. The van der Waals surface area contributed by atoms with E-state index in [2.05, 4.69) is 4.98 Å². The lowest BCUT2D eigenvalue weighted by Gasteiger charge is -2.10. The number of hydrogen-bond acceptors (Lipinski definition) is 3. The Hall–Kier alpha value is -1.74. The molecule has 88 valence electrons. The zero-order valence-corrected chi connectivity index (χ0v) is 10.1. The molecule has 1 aromatic carbocycles. The highest BCUT2D eigenvalue weighted by atomic mass is 35.5. The average molecular weight is 250 g/mol. The summed E-state index contributed by atoms with van der Waals surface area (Å²) in [5.74, 6) is 2.42. The van der Waals surface area contributed by atoms with Crippen molar-refractivity contribution < 1.29 is 9.47 Å². The Bertz CT molecular complexity index is 502. The van der Waals surface area contributed by atoms with Crippen molar-refractivity contribution >= 4 is 11.6 Å². The summed E-state index contributed by atoms with van der Waals surface area (Å²) >= 11 is 5.72. The van der Waals surface area contributed by atoms with E-state index in [-0.39, 0.29) is 0 Å². The van der Waals surface area contributed by atoms with E-state index in [1.165, 1.54) is 0 Å². The van der Waals surface area contributed by atoms with Crippen LogP contribution >= 0.6 is 11.6 Å². The number of ether oxygens (including phenoxy) is 2. The average Bonchev–Trinajstić information content (AvgIpc) is 2.39. The Balaban J connectivity index is 2.24. The molecule has 4 heteroatoms. The van der Waals surface area contributed by atoms with Gasteiger partial charge < -0.3 is 9.47 Å². The second-order valence-electron chi connectivity index (χ2n) is 3.37. The SMILES string of the molecule is COc1ccccc1Oc1ccnc(CCl)c1. The molecule has 0 spiro atoms. The highest BCUT2D eigenvalue weighted by Crippen LogP contribution is 2.30. The second-order valence-corrected chi connectivity index (χ2v) is 3.64. The van der Waals surface area contributed by atoms with Gasteiger partial charge in [0.05, 0.1) is 18.7 Å². The van der Waals surface area contributed by atoms with E-state index in [0.29, 0.717) is 23.1 Å². The van der Waals surface area contributed by atoms with Crippen molar-refractivity contribution in [2.45, 2.75) is 5.88 Å². The summed E-state index contributed by atoms with van der Waals surface area (Å²) in [6.45, 7) is 0. The normalized spacial score (nSPS) is 10.0. The van der Waals surface area contributed by atoms with Crippen molar-refractivity contribution in [2.75, 3.05) is 7.11 Å². The van der Waals surface area contributed by atoms with Crippen molar-refractivity contribution in [2.24, 2.45) is 0 Å². The van der Waals surface area contributed by atoms with Crippen LogP contribution in [-0.2, 0) is 5.88 Å². The predicted molar refractivity (Wildman–Crippen MR) is 66.9 cm³/mol. The van der Waals surface area contributed by atoms with Crippen LogP contribution in [0.2, 0.25) is 0 Å². The first-order valence-electron chi connectivity index (χ1n) is 5.15. The monoisotopic (exact) mass is 249 g/mol. The van der Waals surface area contributed by atoms with Gasteiger partial charge in [-0.15, -0.1) is 11.6 Å². The van der Waals surface area contributed by atoms with E-state index in [1.807, 2.05) is 24.3 Å². The number of rotatable bonds is 4. The quantitative estimate of drug-likeness (QED) is 0.776. The molecule has 2 aromatic rings. The molecule has 1 aromatic heterocycles. The van der Waals surface area contributed by atoms with Crippen LogP contribution < -0.4 is 9.47 Å². The summed E-state index contributed by atoms with van der Waals surface area (Å²) in [4.78, 5) is 4.10. The summed E-state index contributed by atoms with van der Waals surface area (Å²) < 4.78 is 10.9. The maximum absolute atomic E-state index is 5.72. The Morgan fingerprint density at radius 2 is 1.94 bits per heavy atom.